The van der Waals surface area contributed by atoms with E-state index in [0.29, 0.717) is 17.4 Å². The van der Waals surface area contributed by atoms with E-state index in [1.807, 2.05) is 0 Å². The number of nitrogens with two attached hydrogens (primary N) is 1. The Balaban J connectivity index is 2.07. The number of hydrogen-bond donors (Lipinski definition) is 1. The first-order valence-electron chi connectivity index (χ1n) is 6.17. The van der Waals surface area contributed by atoms with Gasteiger partial charge in [0.05, 0.1) is 4.90 Å². The van der Waals surface area contributed by atoms with Gasteiger partial charge in [-0.25, -0.2) is 13.6 Å². The second kappa shape index (κ2) is 4.94. The summed E-state index contributed by atoms with van der Waals surface area (Å²) < 4.78 is 22.2. The van der Waals surface area contributed by atoms with Crippen LogP contribution in [-0.2, 0) is 10.0 Å². The van der Waals surface area contributed by atoms with Crippen LogP contribution in [-0.4, -0.2) is 32.8 Å². The van der Waals surface area contributed by atoms with E-state index in [0.717, 1.165) is 6.54 Å². The van der Waals surface area contributed by atoms with E-state index >= 15 is 0 Å². The van der Waals surface area contributed by atoms with Gasteiger partial charge < -0.3 is 4.90 Å². The van der Waals surface area contributed by atoms with Gasteiger partial charge in [0.2, 0.25) is 10.0 Å². The molecular formula is C13H18N2O3S. The van der Waals surface area contributed by atoms with Crippen LogP contribution in [0.5, 0.6) is 0 Å². The van der Waals surface area contributed by atoms with Gasteiger partial charge >= 0.3 is 0 Å². The van der Waals surface area contributed by atoms with Gasteiger partial charge in [0.25, 0.3) is 5.91 Å². The van der Waals surface area contributed by atoms with Gasteiger partial charge in [-0.05, 0) is 42.5 Å². The minimum Gasteiger partial charge on any atom is -0.341 e. The van der Waals surface area contributed by atoms with Gasteiger partial charge in [-0.15, -0.1) is 0 Å². The third-order valence-corrected chi connectivity index (χ3v) is 4.49. The standard InChI is InChI=1S/C13H18N2O3S/c1-9-7-11(9)8-15(2)13(16)10-3-5-12(6-4-10)19(14,17)18/h3-6,9,11H,7-8H2,1-2H3,(H2,14,17,18). The monoisotopic (exact) mass is 282 g/mol. The number of nitrogens with zero attached hydrogens (tertiary/aromatic N) is 1. The lowest BCUT2D eigenvalue weighted by Crippen LogP contribution is -2.29. The molecule has 1 aromatic carbocycles. The summed E-state index contributed by atoms with van der Waals surface area (Å²) in [5.74, 6) is 1.19. The summed E-state index contributed by atoms with van der Waals surface area (Å²) in [5.41, 5.74) is 0.475. The minimum atomic E-state index is -3.71. The predicted molar refractivity (Wildman–Crippen MR) is 72.0 cm³/mol. The van der Waals surface area contributed by atoms with E-state index < -0.39 is 10.0 Å². The molecule has 1 aromatic rings. The Morgan fingerprint density at radius 2 is 1.89 bits per heavy atom. The quantitative estimate of drug-likeness (QED) is 0.896. The van der Waals surface area contributed by atoms with Crippen LogP contribution in [0.1, 0.15) is 23.7 Å². The summed E-state index contributed by atoms with van der Waals surface area (Å²) in [7, 11) is -1.94. The molecule has 0 aromatic heterocycles. The number of primary sulfonamides is 1. The second-order valence-electron chi connectivity index (χ2n) is 5.23. The Hall–Kier alpha value is -1.40. The third-order valence-electron chi connectivity index (χ3n) is 3.56. The smallest absolute Gasteiger partial charge is 0.253 e. The van der Waals surface area contributed by atoms with Crippen molar-refractivity contribution in [2.24, 2.45) is 17.0 Å². The van der Waals surface area contributed by atoms with Crippen LogP contribution >= 0.6 is 0 Å². The maximum atomic E-state index is 12.1. The number of carbonyl (C=O) groups is 1. The van der Waals surface area contributed by atoms with E-state index in [4.69, 9.17) is 5.14 Å². The Kier molecular flexibility index (Phi) is 3.64. The highest BCUT2D eigenvalue weighted by molar-refractivity contribution is 7.89. The van der Waals surface area contributed by atoms with Crippen molar-refractivity contribution in [1.29, 1.82) is 0 Å². The second-order valence-corrected chi connectivity index (χ2v) is 6.79. The molecular weight excluding hydrogens is 264 g/mol. The number of benzene rings is 1. The van der Waals surface area contributed by atoms with Crippen molar-refractivity contribution < 1.29 is 13.2 Å². The summed E-state index contributed by atoms with van der Waals surface area (Å²) >= 11 is 0. The van der Waals surface area contributed by atoms with E-state index in [9.17, 15) is 13.2 Å². The molecule has 2 rings (SSSR count). The van der Waals surface area contributed by atoms with Gasteiger partial charge in [-0.3, -0.25) is 4.79 Å². The van der Waals surface area contributed by atoms with Crippen LogP contribution in [0, 0.1) is 11.8 Å². The lowest BCUT2D eigenvalue weighted by molar-refractivity contribution is 0.0787. The molecule has 1 amide bonds. The summed E-state index contributed by atoms with van der Waals surface area (Å²) in [5, 5.41) is 5.01. The first kappa shape index (κ1) is 14.0. The first-order valence-corrected chi connectivity index (χ1v) is 7.72. The lowest BCUT2D eigenvalue weighted by atomic mass is 10.2. The van der Waals surface area contributed by atoms with Crippen molar-refractivity contribution in [3.05, 3.63) is 29.8 Å². The van der Waals surface area contributed by atoms with Gasteiger partial charge in [-0.2, -0.15) is 0 Å². The Bertz CT molecular complexity index is 580. The molecule has 0 heterocycles. The van der Waals surface area contributed by atoms with Crippen LogP contribution < -0.4 is 5.14 Å². The van der Waals surface area contributed by atoms with Crippen LogP contribution in [0.4, 0.5) is 0 Å². The molecule has 19 heavy (non-hydrogen) atoms. The predicted octanol–water partition coefficient (Wildman–Crippen LogP) is 1.06. The van der Waals surface area contributed by atoms with Crippen LogP contribution in [0.3, 0.4) is 0 Å². The van der Waals surface area contributed by atoms with Crippen molar-refractivity contribution >= 4 is 15.9 Å². The maximum absolute atomic E-state index is 12.1. The number of sulfonamides is 1. The molecule has 104 valence electrons. The zero-order chi connectivity index (χ0) is 14.2. The fourth-order valence-electron chi connectivity index (χ4n) is 2.10. The zero-order valence-corrected chi connectivity index (χ0v) is 11.9. The number of amides is 1. The molecule has 6 heteroatoms. The lowest BCUT2D eigenvalue weighted by Gasteiger charge is -2.17. The molecule has 2 N–H and O–H groups in total. The highest BCUT2D eigenvalue weighted by Crippen LogP contribution is 2.38. The van der Waals surface area contributed by atoms with Crippen molar-refractivity contribution in [1.82, 2.24) is 4.90 Å². The van der Waals surface area contributed by atoms with E-state index in [-0.39, 0.29) is 10.8 Å². The summed E-state index contributed by atoms with van der Waals surface area (Å²) in [4.78, 5) is 13.8. The van der Waals surface area contributed by atoms with E-state index in [1.165, 1.54) is 30.7 Å². The molecule has 1 aliphatic carbocycles. The Morgan fingerprint density at radius 1 is 1.37 bits per heavy atom. The topological polar surface area (TPSA) is 80.5 Å². The van der Waals surface area contributed by atoms with Crippen molar-refractivity contribution in [3.63, 3.8) is 0 Å². The minimum absolute atomic E-state index is 0.0162. The number of hydrogen-bond acceptors (Lipinski definition) is 3. The fraction of sp³-hybridized carbons (Fsp3) is 0.462. The Labute approximate surface area is 113 Å². The highest BCUT2D eigenvalue weighted by Gasteiger charge is 2.34. The molecule has 0 bridgehead atoms. The first-order chi connectivity index (χ1) is 8.79. The molecule has 0 radical (unpaired) electrons. The Morgan fingerprint density at radius 3 is 2.32 bits per heavy atom. The normalized spacial score (nSPS) is 22.1. The zero-order valence-electron chi connectivity index (χ0n) is 11.0. The molecule has 1 fully saturated rings. The van der Waals surface area contributed by atoms with Gasteiger partial charge in [0.15, 0.2) is 0 Å². The number of carbonyl (C=O) groups excluding carboxylic acids is 1. The van der Waals surface area contributed by atoms with Gasteiger partial charge in [-0.1, -0.05) is 6.92 Å². The SMILES string of the molecule is CC1CC1CN(C)C(=O)c1ccc(S(N)(=O)=O)cc1. The molecule has 0 aliphatic heterocycles. The average molecular weight is 282 g/mol. The number of rotatable bonds is 4. The van der Waals surface area contributed by atoms with Crippen LogP contribution in [0.2, 0.25) is 0 Å². The van der Waals surface area contributed by atoms with E-state index in [1.54, 1.807) is 11.9 Å². The van der Waals surface area contributed by atoms with Crippen molar-refractivity contribution in [2.45, 2.75) is 18.2 Å². The van der Waals surface area contributed by atoms with Crippen LogP contribution in [0.25, 0.3) is 0 Å². The van der Waals surface area contributed by atoms with Gasteiger partial charge in [0.1, 0.15) is 0 Å². The van der Waals surface area contributed by atoms with Crippen molar-refractivity contribution in [2.75, 3.05) is 13.6 Å². The molecule has 1 saturated carbocycles. The summed E-state index contributed by atoms with van der Waals surface area (Å²) in [6.07, 6.45) is 1.17. The van der Waals surface area contributed by atoms with Gasteiger partial charge in [0, 0.05) is 19.2 Å². The molecule has 5 nitrogen and oxygen atoms in total. The maximum Gasteiger partial charge on any atom is 0.253 e. The van der Waals surface area contributed by atoms with Crippen molar-refractivity contribution in [3.8, 4) is 0 Å². The summed E-state index contributed by atoms with van der Waals surface area (Å²) in [6, 6.07) is 5.70. The fourth-order valence-corrected chi connectivity index (χ4v) is 2.61. The molecule has 0 spiro atoms. The molecule has 1 aliphatic rings. The molecule has 0 saturated heterocycles. The largest absolute Gasteiger partial charge is 0.341 e. The summed E-state index contributed by atoms with van der Waals surface area (Å²) in [6.45, 7) is 2.92. The molecule has 2 unspecified atom stereocenters. The average Bonchev–Trinajstić information content (AvgIpc) is 3.03. The van der Waals surface area contributed by atoms with Crippen LogP contribution in [0.15, 0.2) is 29.2 Å². The van der Waals surface area contributed by atoms with E-state index in [2.05, 4.69) is 6.92 Å². The third kappa shape index (κ3) is 3.33. The molecule has 2 atom stereocenters. The highest BCUT2D eigenvalue weighted by atomic mass is 32.2.